The SMILES string of the molecule is O=C(O)C(=O)C[C@@H](O)[C@@H](O)CO. The van der Waals surface area contributed by atoms with E-state index in [4.69, 9.17) is 20.4 Å². The summed E-state index contributed by atoms with van der Waals surface area (Å²) in [6.07, 6.45) is -3.70. The van der Waals surface area contributed by atoms with Crippen LogP contribution in [0.1, 0.15) is 6.42 Å². The fourth-order valence-corrected chi connectivity index (χ4v) is 0.535. The van der Waals surface area contributed by atoms with Gasteiger partial charge in [0.15, 0.2) is 0 Å². The molecule has 6 heteroatoms. The summed E-state index contributed by atoms with van der Waals surface area (Å²) in [5, 5.41) is 33.9. The Morgan fingerprint density at radius 3 is 2.00 bits per heavy atom. The Kier molecular flexibility index (Phi) is 4.42. The molecular weight excluding hydrogens is 168 g/mol. The van der Waals surface area contributed by atoms with Gasteiger partial charge in [-0.2, -0.15) is 0 Å². The normalized spacial score (nSPS) is 15.2. The molecule has 0 rings (SSSR count). The number of hydrogen-bond acceptors (Lipinski definition) is 5. The maximum absolute atomic E-state index is 10.4. The summed E-state index contributed by atoms with van der Waals surface area (Å²) in [5.41, 5.74) is 0. The van der Waals surface area contributed by atoms with E-state index < -0.39 is 37.0 Å². The molecule has 0 aromatic rings. The molecule has 12 heavy (non-hydrogen) atoms. The molecule has 0 radical (unpaired) electrons. The van der Waals surface area contributed by atoms with Gasteiger partial charge >= 0.3 is 5.97 Å². The molecule has 0 unspecified atom stereocenters. The third kappa shape index (κ3) is 3.42. The molecule has 0 aromatic heterocycles. The van der Waals surface area contributed by atoms with Gasteiger partial charge in [0, 0.05) is 6.42 Å². The minimum Gasteiger partial charge on any atom is -0.475 e. The van der Waals surface area contributed by atoms with Crippen LogP contribution in [0.3, 0.4) is 0 Å². The average molecular weight is 178 g/mol. The van der Waals surface area contributed by atoms with Crippen molar-refractivity contribution >= 4 is 11.8 Å². The number of hydrogen-bond donors (Lipinski definition) is 4. The molecule has 0 aliphatic carbocycles. The number of aliphatic carboxylic acids is 1. The van der Waals surface area contributed by atoms with Crippen LogP contribution in [-0.4, -0.2) is 51.0 Å². The summed E-state index contributed by atoms with van der Waals surface area (Å²) in [7, 11) is 0. The highest BCUT2D eigenvalue weighted by Crippen LogP contribution is 1.99. The zero-order valence-electron chi connectivity index (χ0n) is 6.17. The molecule has 2 atom stereocenters. The van der Waals surface area contributed by atoms with E-state index in [1.54, 1.807) is 0 Å². The van der Waals surface area contributed by atoms with Crippen LogP contribution in [0, 0.1) is 0 Å². The molecule has 0 spiro atoms. The minimum absolute atomic E-state index is 0.697. The van der Waals surface area contributed by atoms with E-state index >= 15 is 0 Å². The highest BCUT2D eigenvalue weighted by Gasteiger charge is 2.22. The molecule has 0 amide bonds. The number of ketones is 1. The molecule has 4 N–H and O–H groups in total. The van der Waals surface area contributed by atoms with Crippen LogP contribution < -0.4 is 0 Å². The van der Waals surface area contributed by atoms with Gasteiger partial charge in [-0.3, -0.25) is 4.79 Å². The second-order valence-corrected chi connectivity index (χ2v) is 2.25. The molecule has 0 fully saturated rings. The third-order valence-corrected chi connectivity index (χ3v) is 1.26. The van der Waals surface area contributed by atoms with Gasteiger partial charge in [-0.25, -0.2) is 4.79 Å². The van der Waals surface area contributed by atoms with Gasteiger partial charge in [0.2, 0.25) is 5.78 Å². The number of Topliss-reactive ketones (excluding diaryl/α,β-unsaturated/α-hetero) is 1. The largest absolute Gasteiger partial charge is 0.475 e. The van der Waals surface area contributed by atoms with Crippen molar-refractivity contribution in [2.45, 2.75) is 18.6 Å². The number of carboxylic acid groups (broad SMARTS) is 1. The predicted molar refractivity (Wildman–Crippen MR) is 36.4 cm³/mol. The summed E-state index contributed by atoms with van der Waals surface area (Å²) in [4.78, 5) is 20.4. The van der Waals surface area contributed by atoms with Crippen LogP contribution in [0.2, 0.25) is 0 Å². The number of aliphatic hydroxyl groups is 3. The van der Waals surface area contributed by atoms with Crippen LogP contribution in [-0.2, 0) is 9.59 Å². The van der Waals surface area contributed by atoms with Crippen molar-refractivity contribution in [1.82, 2.24) is 0 Å². The quantitative estimate of drug-likeness (QED) is 0.353. The second kappa shape index (κ2) is 4.81. The van der Waals surface area contributed by atoms with Crippen LogP contribution in [0.4, 0.5) is 0 Å². The van der Waals surface area contributed by atoms with Gasteiger partial charge in [0.1, 0.15) is 6.10 Å². The highest BCUT2D eigenvalue weighted by molar-refractivity contribution is 6.32. The molecule has 0 aromatic carbocycles. The first kappa shape index (κ1) is 11.0. The smallest absolute Gasteiger partial charge is 0.372 e. The van der Waals surface area contributed by atoms with Crippen LogP contribution >= 0.6 is 0 Å². The lowest BCUT2D eigenvalue weighted by molar-refractivity contribution is -0.151. The zero-order chi connectivity index (χ0) is 9.72. The van der Waals surface area contributed by atoms with Crippen molar-refractivity contribution in [3.63, 3.8) is 0 Å². The number of carbonyl (C=O) groups is 2. The van der Waals surface area contributed by atoms with E-state index in [0.717, 1.165) is 0 Å². The topological polar surface area (TPSA) is 115 Å². The lowest BCUT2D eigenvalue weighted by atomic mass is 10.1. The second-order valence-electron chi connectivity index (χ2n) is 2.25. The van der Waals surface area contributed by atoms with Crippen molar-refractivity contribution in [2.75, 3.05) is 6.61 Å². The molecule has 0 bridgehead atoms. The number of aliphatic hydroxyl groups excluding tert-OH is 3. The summed E-state index contributed by atoms with van der Waals surface area (Å²) < 4.78 is 0. The van der Waals surface area contributed by atoms with E-state index in [9.17, 15) is 9.59 Å². The van der Waals surface area contributed by atoms with Crippen molar-refractivity contribution in [1.29, 1.82) is 0 Å². The molecule has 0 saturated heterocycles. The van der Waals surface area contributed by atoms with Gasteiger partial charge in [-0.15, -0.1) is 0 Å². The van der Waals surface area contributed by atoms with Crippen molar-refractivity contribution in [3.8, 4) is 0 Å². The molecular formula is C6H10O6. The lowest BCUT2D eigenvalue weighted by Crippen LogP contribution is -2.33. The standard InChI is InChI=1S/C6H10O6/c7-2-5(10)3(8)1-4(9)6(11)12/h3,5,7-8,10H,1-2H2,(H,11,12)/t3-,5+/m1/s1. The fraction of sp³-hybridized carbons (Fsp3) is 0.667. The zero-order valence-corrected chi connectivity index (χ0v) is 6.17. The molecule has 0 aliphatic rings. The van der Waals surface area contributed by atoms with Gasteiger partial charge in [0.05, 0.1) is 12.7 Å². The maximum atomic E-state index is 10.4. The summed E-state index contributed by atoms with van der Waals surface area (Å²) >= 11 is 0. The van der Waals surface area contributed by atoms with Crippen molar-refractivity contribution in [3.05, 3.63) is 0 Å². The van der Waals surface area contributed by atoms with E-state index in [0.29, 0.717) is 0 Å². The van der Waals surface area contributed by atoms with E-state index in [1.165, 1.54) is 0 Å². The third-order valence-electron chi connectivity index (χ3n) is 1.26. The molecule has 6 nitrogen and oxygen atoms in total. The molecule has 70 valence electrons. The van der Waals surface area contributed by atoms with Gasteiger partial charge < -0.3 is 20.4 Å². The molecule has 0 heterocycles. The Morgan fingerprint density at radius 2 is 1.67 bits per heavy atom. The highest BCUT2D eigenvalue weighted by atomic mass is 16.4. The predicted octanol–water partition coefficient (Wildman–Crippen LogP) is -2.26. The average Bonchev–Trinajstić information content (AvgIpc) is 2.02. The summed E-state index contributed by atoms with van der Waals surface area (Å²) in [6.45, 7) is -0.714. The minimum atomic E-state index is -1.67. The van der Waals surface area contributed by atoms with Crippen LogP contribution in [0.15, 0.2) is 0 Å². The molecule has 0 saturated carbocycles. The Balaban J connectivity index is 3.92. The van der Waals surface area contributed by atoms with Gasteiger partial charge in [0.25, 0.3) is 0 Å². The Labute approximate surface area is 68.1 Å². The first-order chi connectivity index (χ1) is 5.49. The van der Waals surface area contributed by atoms with E-state index in [-0.39, 0.29) is 0 Å². The Morgan fingerprint density at radius 1 is 1.17 bits per heavy atom. The van der Waals surface area contributed by atoms with Gasteiger partial charge in [-0.1, -0.05) is 0 Å². The first-order valence-electron chi connectivity index (χ1n) is 3.22. The number of rotatable bonds is 5. The van der Waals surface area contributed by atoms with E-state index in [1.807, 2.05) is 0 Å². The first-order valence-corrected chi connectivity index (χ1v) is 3.22. The summed E-state index contributed by atoms with van der Waals surface area (Å²) in [6, 6.07) is 0. The van der Waals surface area contributed by atoms with Crippen molar-refractivity contribution in [2.24, 2.45) is 0 Å². The monoisotopic (exact) mass is 178 g/mol. The fourth-order valence-electron chi connectivity index (χ4n) is 0.535. The lowest BCUT2D eigenvalue weighted by Gasteiger charge is -2.12. The number of carboxylic acids is 1. The maximum Gasteiger partial charge on any atom is 0.372 e. The van der Waals surface area contributed by atoms with Crippen LogP contribution in [0.25, 0.3) is 0 Å². The van der Waals surface area contributed by atoms with Gasteiger partial charge in [-0.05, 0) is 0 Å². The number of carbonyl (C=O) groups excluding carboxylic acids is 1. The van der Waals surface area contributed by atoms with E-state index in [2.05, 4.69) is 0 Å². The Hall–Kier alpha value is -0.980. The molecule has 0 aliphatic heterocycles. The van der Waals surface area contributed by atoms with Crippen LogP contribution in [0.5, 0.6) is 0 Å². The summed E-state index contributed by atoms with van der Waals surface area (Å²) in [5.74, 6) is -2.87. The Bertz CT molecular complexity index is 177. The van der Waals surface area contributed by atoms with Crippen molar-refractivity contribution < 1.29 is 30.0 Å².